The number of pyridine rings is 1. The third kappa shape index (κ3) is 3.20. The summed E-state index contributed by atoms with van der Waals surface area (Å²) < 4.78 is 26.0. The summed E-state index contributed by atoms with van der Waals surface area (Å²) in [6.07, 6.45) is 1.64. The van der Waals surface area contributed by atoms with Crippen molar-refractivity contribution in [2.24, 2.45) is 5.92 Å². The third-order valence-corrected chi connectivity index (χ3v) is 5.05. The Morgan fingerprint density at radius 2 is 2.10 bits per heavy atom. The van der Waals surface area contributed by atoms with Crippen molar-refractivity contribution in [1.82, 2.24) is 9.29 Å². The molecule has 0 aliphatic carbocycles. The standard InChI is InChI=1S/C14H16N2O4S/c1-10(14(17)18)9-16(2)21(19,20)12-5-6-13-11(8-12)4-3-7-15-13/h3-8,10H,9H2,1-2H3,(H,17,18). The lowest BCUT2D eigenvalue weighted by molar-refractivity contribution is -0.141. The molecule has 112 valence electrons. The first kappa shape index (κ1) is 15.4. The number of sulfonamides is 1. The molecule has 21 heavy (non-hydrogen) atoms. The van der Waals surface area contributed by atoms with Gasteiger partial charge in [-0.3, -0.25) is 9.78 Å². The molecule has 0 saturated carbocycles. The van der Waals surface area contributed by atoms with Crippen LogP contribution in [0.1, 0.15) is 6.92 Å². The third-order valence-electron chi connectivity index (χ3n) is 3.24. The lowest BCUT2D eigenvalue weighted by atomic mass is 10.2. The minimum atomic E-state index is -3.72. The normalized spacial score (nSPS) is 13.5. The van der Waals surface area contributed by atoms with Crippen molar-refractivity contribution >= 4 is 26.9 Å². The SMILES string of the molecule is CC(CN(C)S(=O)(=O)c1ccc2ncccc2c1)C(=O)O. The van der Waals surface area contributed by atoms with Crippen LogP contribution in [0.4, 0.5) is 0 Å². The second-order valence-corrected chi connectivity index (χ2v) is 6.93. The number of nitrogens with zero attached hydrogens (tertiary/aromatic N) is 2. The van der Waals surface area contributed by atoms with Crippen molar-refractivity contribution in [2.75, 3.05) is 13.6 Å². The van der Waals surface area contributed by atoms with E-state index >= 15 is 0 Å². The van der Waals surface area contributed by atoms with Gasteiger partial charge >= 0.3 is 5.97 Å². The Balaban J connectivity index is 2.34. The first-order valence-electron chi connectivity index (χ1n) is 6.36. The van der Waals surface area contributed by atoms with Crippen LogP contribution in [0, 0.1) is 5.92 Å². The molecule has 0 aliphatic heterocycles. The van der Waals surface area contributed by atoms with Crippen molar-refractivity contribution in [3.8, 4) is 0 Å². The minimum Gasteiger partial charge on any atom is -0.481 e. The van der Waals surface area contributed by atoms with E-state index in [9.17, 15) is 13.2 Å². The highest BCUT2D eigenvalue weighted by Crippen LogP contribution is 2.20. The zero-order valence-electron chi connectivity index (χ0n) is 11.7. The molecule has 1 atom stereocenters. The molecule has 0 spiro atoms. The number of hydrogen-bond acceptors (Lipinski definition) is 4. The number of benzene rings is 1. The fourth-order valence-electron chi connectivity index (χ4n) is 1.96. The van der Waals surface area contributed by atoms with Crippen LogP contribution < -0.4 is 0 Å². The summed E-state index contributed by atoms with van der Waals surface area (Å²) in [5, 5.41) is 9.60. The highest BCUT2D eigenvalue weighted by atomic mass is 32.2. The zero-order valence-corrected chi connectivity index (χ0v) is 12.5. The molecule has 0 radical (unpaired) electrons. The number of hydrogen-bond donors (Lipinski definition) is 1. The monoisotopic (exact) mass is 308 g/mol. The summed E-state index contributed by atoms with van der Waals surface area (Å²) in [5.74, 6) is -1.80. The van der Waals surface area contributed by atoms with Gasteiger partial charge in [-0.25, -0.2) is 12.7 Å². The summed E-state index contributed by atoms with van der Waals surface area (Å²) >= 11 is 0. The van der Waals surface area contributed by atoms with E-state index in [0.29, 0.717) is 5.52 Å². The number of aromatic nitrogens is 1. The van der Waals surface area contributed by atoms with Gasteiger partial charge in [0.1, 0.15) is 0 Å². The smallest absolute Gasteiger partial charge is 0.307 e. The van der Waals surface area contributed by atoms with Gasteiger partial charge in [0.15, 0.2) is 0 Å². The van der Waals surface area contributed by atoms with Gasteiger partial charge in [-0.05, 0) is 24.3 Å². The fourth-order valence-corrected chi connectivity index (χ4v) is 3.25. The molecule has 2 aromatic rings. The van der Waals surface area contributed by atoms with Crippen LogP contribution in [-0.4, -0.2) is 42.4 Å². The predicted molar refractivity (Wildman–Crippen MR) is 78.4 cm³/mol. The molecule has 2 rings (SSSR count). The van der Waals surface area contributed by atoms with Crippen LogP contribution in [0.25, 0.3) is 10.9 Å². The average Bonchev–Trinajstić information content (AvgIpc) is 2.46. The van der Waals surface area contributed by atoms with Crippen LogP contribution in [0.5, 0.6) is 0 Å². The van der Waals surface area contributed by atoms with E-state index in [2.05, 4.69) is 4.98 Å². The molecule has 0 saturated heterocycles. The number of rotatable bonds is 5. The van der Waals surface area contributed by atoms with Gasteiger partial charge < -0.3 is 5.11 Å². The molecular formula is C14H16N2O4S. The first-order chi connectivity index (χ1) is 9.82. The van der Waals surface area contributed by atoms with E-state index in [0.717, 1.165) is 9.69 Å². The van der Waals surface area contributed by atoms with Crippen LogP contribution in [0.2, 0.25) is 0 Å². The molecule has 0 fully saturated rings. The molecule has 1 unspecified atom stereocenters. The van der Waals surface area contributed by atoms with Crippen molar-refractivity contribution in [1.29, 1.82) is 0 Å². The van der Waals surface area contributed by atoms with E-state index in [-0.39, 0.29) is 11.4 Å². The van der Waals surface area contributed by atoms with Crippen LogP contribution in [0.3, 0.4) is 0 Å². The summed E-state index contributed by atoms with van der Waals surface area (Å²) in [6, 6.07) is 8.17. The number of fused-ring (bicyclic) bond motifs is 1. The molecule has 0 amide bonds. The van der Waals surface area contributed by atoms with E-state index in [1.807, 2.05) is 0 Å². The largest absolute Gasteiger partial charge is 0.481 e. The second kappa shape index (κ2) is 5.79. The number of aliphatic carboxylic acids is 1. The van der Waals surface area contributed by atoms with Gasteiger partial charge in [-0.2, -0.15) is 0 Å². The number of carboxylic acids is 1. The van der Waals surface area contributed by atoms with Gasteiger partial charge in [0, 0.05) is 25.2 Å². The summed E-state index contributed by atoms with van der Waals surface area (Å²) in [7, 11) is -2.34. The Morgan fingerprint density at radius 3 is 2.76 bits per heavy atom. The molecule has 1 aromatic carbocycles. The summed E-state index contributed by atoms with van der Waals surface area (Å²) in [5.41, 5.74) is 0.706. The van der Waals surface area contributed by atoms with Gasteiger partial charge in [-0.1, -0.05) is 13.0 Å². The van der Waals surface area contributed by atoms with Gasteiger partial charge in [0.05, 0.1) is 16.3 Å². The van der Waals surface area contributed by atoms with E-state index in [1.54, 1.807) is 30.5 Å². The van der Waals surface area contributed by atoms with Crippen molar-refractivity contribution < 1.29 is 18.3 Å². The van der Waals surface area contributed by atoms with E-state index in [4.69, 9.17) is 5.11 Å². The first-order valence-corrected chi connectivity index (χ1v) is 7.80. The maximum Gasteiger partial charge on any atom is 0.307 e. The maximum absolute atomic E-state index is 12.4. The molecule has 1 N–H and O–H groups in total. The lowest BCUT2D eigenvalue weighted by Crippen LogP contribution is -2.33. The predicted octanol–water partition coefficient (Wildman–Crippen LogP) is 1.58. The molecule has 1 heterocycles. The Hall–Kier alpha value is -1.99. The highest BCUT2D eigenvalue weighted by molar-refractivity contribution is 7.89. The van der Waals surface area contributed by atoms with E-state index < -0.39 is 21.9 Å². The zero-order chi connectivity index (χ0) is 15.6. The fraction of sp³-hybridized carbons (Fsp3) is 0.286. The van der Waals surface area contributed by atoms with Gasteiger partial charge in [0.25, 0.3) is 0 Å². The topological polar surface area (TPSA) is 87.6 Å². The van der Waals surface area contributed by atoms with Crippen molar-refractivity contribution in [3.05, 3.63) is 36.5 Å². The maximum atomic E-state index is 12.4. The Morgan fingerprint density at radius 1 is 1.38 bits per heavy atom. The molecule has 7 heteroatoms. The van der Waals surface area contributed by atoms with Crippen molar-refractivity contribution in [3.63, 3.8) is 0 Å². The van der Waals surface area contributed by atoms with Crippen LogP contribution in [0.15, 0.2) is 41.4 Å². The summed E-state index contributed by atoms with van der Waals surface area (Å²) in [4.78, 5) is 15.1. The van der Waals surface area contributed by atoms with E-state index in [1.165, 1.54) is 20.0 Å². The molecule has 0 aliphatic rings. The van der Waals surface area contributed by atoms with Gasteiger partial charge in [-0.15, -0.1) is 0 Å². The lowest BCUT2D eigenvalue weighted by Gasteiger charge is -2.19. The molecule has 0 bridgehead atoms. The summed E-state index contributed by atoms with van der Waals surface area (Å²) in [6.45, 7) is 1.39. The average molecular weight is 308 g/mol. The molecular weight excluding hydrogens is 292 g/mol. The number of carbonyl (C=O) groups is 1. The van der Waals surface area contributed by atoms with Crippen LogP contribution in [-0.2, 0) is 14.8 Å². The highest BCUT2D eigenvalue weighted by Gasteiger charge is 2.24. The Kier molecular flexibility index (Phi) is 4.24. The van der Waals surface area contributed by atoms with Crippen molar-refractivity contribution in [2.45, 2.75) is 11.8 Å². The Bertz CT molecular complexity index is 773. The number of carboxylic acid groups (broad SMARTS) is 1. The molecule has 1 aromatic heterocycles. The quantitative estimate of drug-likeness (QED) is 0.906. The minimum absolute atomic E-state index is 0.0806. The molecule has 6 nitrogen and oxygen atoms in total. The Labute approximate surface area is 123 Å². The van der Waals surface area contributed by atoms with Gasteiger partial charge in [0.2, 0.25) is 10.0 Å². The van der Waals surface area contributed by atoms with Crippen LogP contribution >= 0.6 is 0 Å². The second-order valence-electron chi connectivity index (χ2n) is 4.88.